The number of hydrogen-bond acceptors (Lipinski definition) is 5. The lowest BCUT2D eigenvalue weighted by Gasteiger charge is -2.30. The highest BCUT2D eigenvalue weighted by molar-refractivity contribution is 7.81. The monoisotopic (exact) mass is 379 g/mol. The summed E-state index contributed by atoms with van der Waals surface area (Å²) in [5, 5.41) is 12.7. The van der Waals surface area contributed by atoms with Crippen molar-refractivity contribution in [1.29, 1.82) is 0 Å². The van der Waals surface area contributed by atoms with Crippen molar-refractivity contribution in [3.8, 4) is 0 Å². The van der Waals surface area contributed by atoms with E-state index in [1.54, 1.807) is 0 Å². The van der Waals surface area contributed by atoms with Gasteiger partial charge in [-0.15, -0.1) is 0 Å². The molecule has 0 saturated carbocycles. The van der Waals surface area contributed by atoms with E-state index in [1.807, 2.05) is 30.3 Å². The lowest BCUT2D eigenvalue weighted by molar-refractivity contribution is -0.164. The second-order valence-electron chi connectivity index (χ2n) is 6.01. The van der Waals surface area contributed by atoms with Gasteiger partial charge in [0.05, 0.1) is 5.25 Å². The number of hydrazine groups is 1. The molecule has 0 aliphatic carbocycles. The van der Waals surface area contributed by atoms with Crippen LogP contribution in [0.2, 0.25) is 0 Å². The van der Waals surface area contributed by atoms with E-state index in [0.29, 0.717) is 6.42 Å². The number of carboxylic acids is 1. The van der Waals surface area contributed by atoms with E-state index in [2.05, 4.69) is 17.9 Å². The molecule has 0 bridgehead atoms. The largest absolute Gasteiger partial charge is 0.480 e. The highest BCUT2D eigenvalue weighted by Gasteiger charge is 2.36. The van der Waals surface area contributed by atoms with Crippen LogP contribution < -0.4 is 5.32 Å². The second-order valence-corrected chi connectivity index (χ2v) is 6.64. The molecule has 1 aromatic rings. The maximum Gasteiger partial charge on any atom is 0.325 e. The fourth-order valence-corrected chi connectivity index (χ4v) is 2.94. The SMILES string of the molecule is CN1C(=O)CC[C@H](NC(=O)[C@H](S)Cc2ccccc2)C(=O)N1CC(=O)O. The third-order valence-electron chi connectivity index (χ3n) is 4.10. The molecule has 0 unspecified atom stereocenters. The molecule has 3 amide bonds. The quantitative estimate of drug-likeness (QED) is 0.608. The molecule has 1 aliphatic heterocycles. The standard InChI is InChI=1S/C17H21N3O5S/c1-19-14(21)8-7-12(17(25)20(19)10-15(22)23)18-16(24)13(26)9-11-5-3-2-4-6-11/h2-6,12-13,26H,7-10H2,1H3,(H,18,24)(H,22,23)/t12-,13+/m0/s1. The molecule has 1 heterocycles. The van der Waals surface area contributed by atoms with E-state index >= 15 is 0 Å². The minimum atomic E-state index is -1.25. The van der Waals surface area contributed by atoms with Gasteiger partial charge in [0, 0.05) is 13.5 Å². The van der Waals surface area contributed by atoms with Crippen LogP contribution in [-0.4, -0.2) is 63.7 Å². The molecule has 8 nitrogen and oxygen atoms in total. The maximum atomic E-state index is 12.6. The van der Waals surface area contributed by atoms with Gasteiger partial charge in [0.25, 0.3) is 5.91 Å². The molecule has 1 saturated heterocycles. The van der Waals surface area contributed by atoms with Crippen molar-refractivity contribution in [2.75, 3.05) is 13.6 Å². The Hall–Kier alpha value is -2.55. The van der Waals surface area contributed by atoms with Gasteiger partial charge in [0.15, 0.2) is 0 Å². The first-order valence-electron chi connectivity index (χ1n) is 8.11. The van der Waals surface area contributed by atoms with Crippen molar-refractivity contribution in [3.63, 3.8) is 0 Å². The number of carbonyl (C=O) groups is 4. The lowest BCUT2D eigenvalue weighted by atomic mass is 10.1. The molecule has 2 N–H and O–H groups in total. The number of rotatable bonds is 6. The van der Waals surface area contributed by atoms with E-state index in [1.165, 1.54) is 7.05 Å². The Labute approximate surface area is 156 Å². The molecule has 0 radical (unpaired) electrons. The van der Waals surface area contributed by atoms with Crippen molar-refractivity contribution < 1.29 is 24.3 Å². The van der Waals surface area contributed by atoms with Crippen molar-refractivity contribution in [2.45, 2.75) is 30.6 Å². The third-order valence-corrected chi connectivity index (χ3v) is 4.52. The Morgan fingerprint density at radius 3 is 2.58 bits per heavy atom. The predicted octanol–water partition coefficient (Wildman–Crippen LogP) is 0.0927. The lowest BCUT2D eigenvalue weighted by Crippen LogP contribution is -2.54. The first kappa shape index (κ1) is 19.8. The van der Waals surface area contributed by atoms with E-state index in [-0.39, 0.29) is 18.7 Å². The number of carbonyl (C=O) groups excluding carboxylic acids is 3. The van der Waals surface area contributed by atoms with Crippen molar-refractivity contribution in [1.82, 2.24) is 15.3 Å². The van der Waals surface area contributed by atoms with Crippen molar-refractivity contribution in [2.24, 2.45) is 0 Å². The third kappa shape index (κ3) is 4.98. The molecule has 2 atom stereocenters. The van der Waals surface area contributed by atoms with Gasteiger partial charge in [-0.1, -0.05) is 30.3 Å². The smallest absolute Gasteiger partial charge is 0.325 e. The van der Waals surface area contributed by atoms with E-state index in [9.17, 15) is 19.2 Å². The fraction of sp³-hybridized carbons (Fsp3) is 0.412. The van der Waals surface area contributed by atoms with Crippen LogP contribution in [0.4, 0.5) is 0 Å². The Bertz CT molecular complexity index is 697. The normalized spacial score (nSPS) is 19.1. The molecule has 9 heteroatoms. The molecular formula is C17H21N3O5S. The Kier molecular flexibility index (Phi) is 6.62. The van der Waals surface area contributed by atoms with Crippen molar-refractivity contribution in [3.05, 3.63) is 35.9 Å². The minimum Gasteiger partial charge on any atom is -0.480 e. The summed E-state index contributed by atoms with van der Waals surface area (Å²) >= 11 is 4.30. The summed E-state index contributed by atoms with van der Waals surface area (Å²) in [5.74, 6) is -2.71. The molecule has 0 aromatic heterocycles. The summed E-state index contributed by atoms with van der Waals surface area (Å²) in [7, 11) is 1.34. The number of thiol groups is 1. The van der Waals surface area contributed by atoms with Gasteiger partial charge in [0.2, 0.25) is 11.8 Å². The molecule has 1 fully saturated rings. The average molecular weight is 379 g/mol. The number of carboxylic acid groups (broad SMARTS) is 1. The Balaban J connectivity index is 2.06. The van der Waals surface area contributed by atoms with Crippen LogP contribution in [0.3, 0.4) is 0 Å². The number of hydrogen-bond donors (Lipinski definition) is 3. The van der Waals surface area contributed by atoms with E-state index in [0.717, 1.165) is 15.6 Å². The summed E-state index contributed by atoms with van der Waals surface area (Å²) in [6, 6.07) is 8.35. The van der Waals surface area contributed by atoms with Crippen LogP contribution in [-0.2, 0) is 25.6 Å². The van der Waals surface area contributed by atoms with Gasteiger partial charge in [-0.2, -0.15) is 12.6 Å². The van der Waals surface area contributed by atoms with Crippen LogP contribution in [0.1, 0.15) is 18.4 Å². The van der Waals surface area contributed by atoms with Gasteiger partial charge in [-0.3, -0.25) is 24.2 Å². The summed E-state index contributed by atoms with van der Waals surface area (Å²) in [5.41, 5.74) is 0.928. The molecule has 2 rings (SSSR count). The van der Waals surface area contributed by atoms with Gasteiger partial charge in [-0.05, 0) is 18.4 Å². The number of aliphatic carboxylic acids is 1. The molecule has 1 aromatic carbocycles. The van der Waals surface area contributed by atoms with Gasteiger partial charge in [-0.25, -0.2) is 5.01 Å². The van der Waals surface area contributed by atoms with Crippen LogP contribution in [0, 0.1) is 0 Å². The maximum absolute atomic E-state index is 12.6. The average Bonchev–Trinajstić information content (AvgIpc) is 2.70. The van der Waals surface area contributed by atoms with Crippen LogP contribution in [0.25, 0.3) is 0 Å². The molecule has 140 valence electrons. The zero-order valence-corrected chi connectivity index (χ0v) is 15.2. The first-order chi connectivity index (χ1) is 12.3. The summed E-state index contributed by atoms with van der Waals surface area (Å²) in [6.07, 6.45) is 0.517. The van der Waals surface area contributed by atoms with E-state index in [4.69, 9.17) is 5.11 Å². The highest BCUT2D eigenvalue weighted by atomic mass is 32.1. The van der Waals surface area contributed by atoms with Crippen molar-refractivity contribution >= 4 is 36.3 Å². The van der Waals surface area contributed by atoms with Gasteiger partial charge in [0.1, 0.15) is 12.6 Å². The first-order valence-corrected chi connectivity index (χ1v) is 8.63. The summed E-state index contributed by atoms with van der Waals surface area (Å²) in [4.78, 5) is 47.9. The minimum absolute atomic E-state index is 0.0270. The van der Waals surface area contributed by atoms with E-state index < -0.39 is 35.6 Å². The second kappa shape index (κ2) is 8.70. The van der Waals surface area contributed by atoms with Crippen LogP contribution in [0.5, 0.6) is 0 Å². The molecule has 1 aliphatic rings. The summed E-state index contributed by atoms with van der Waals surface area (Å²) in [6.45, 7) is -0.651. The molecule has 0 spiro atoms. The zero-order valence-electron chi connectivity index (χ0n) is 14.3. The number of nitrogens with one attached hydrogen (secondary N) is 1. The Morgan fingerprint density at radius 1 is 1.31 bits per heavy atom. The predicted molar refractivity (Wildman–Crippen MR) is 96.2 cm³/mol. The van der Waals surface area contributed by atoms with Crippen LogP contribution >= 0.6 is 12.6 Å². The van der Waals surface area contributed by atoms with Gasteiger partial charge >= 0.3 is 5.97 Å². The molecule has 26 heavy (non-hydrogen) atoms. The molecular weight excluding hydrogens is 358 g/mol. The highest BCUT2D eigenvalue weighted by Crippen LogP contribution is 2.15. The topological polar surface area (TPSA) is 107 Å². The Morgan fingerprint density at radius 2 is 1.96 bits per heavy atom. The summed E-state index contributed by atoms with van der Waals surface area (Å²) < 4.78 is 0. The number of benzene rings is 1. The fourth-order valence-electron chi connectivity index (χ4n) is 2.66. The van der Waals surface area contributed by atoms with Crippen LogP contribution in [0.15, 0.2) is 30.3 Å². The number of amides is 3. The van der Waals surface area contributed by atoms with Gasteiger partial charge < -0.3 is 10.4 Å². The number of nitrogens with zero attached hydrogens (tertiary/aromatic N) is 2. The zero-order chi connectivity index (χ0) is 19.3.